The molecule has 0 fully saturated rings. The number of benzene rings is 7. The Morgan fingerprint density at radius 2 is 1.19 bits per heavy atom. The fourth-order valence-electron chi connectivity index (χ4n) is 9.54. The summed E-state index contributed by atoms with van der Waals surface area (Å²) in [6, 6.07) is 59.5. The number of rotatable bonds is 4. The Hall–Kier alpha value is -7.56. The first-order valence-electron chi connectivity index (χ1n) is 19.8. The van der Waals surface area contributed by atoms with Gasteiger partial charge in [-0.1, -0.05) is 176 Å². The van der Waals surface area contributed by atoms with Crippen molar-refractivity contribution in [1.82, 2.24) is 9.97 Å². The minimum absolute atomic E-state index is 0.0521. The van der Waals surface area contributed by atoms with Gasteiger partial charge < -0.3 is 9.15 Å². The van der Waals surface area contributed by atoms with Crippen molar-refractivity contribution in [2.45, 2.75) is 5.41 Å². The van der Waals surface area contributed by atoms with Crippen LogP contribution in [-0.2, 0) is 5.41 Å². The fraction of sp³-hybridized carbons (Fsp3) is 0.0370. The van der Waals surface area contributed by atoms with Crippen LogP contribution in [0.4, 0.5) is 0 Å². The standard InChI is InChI=1S/C54H34N2O2/c1-2-14-36(15-3-1)53-55-47(35-30-28-34(29-31-35)40-20-12-21-42-41-19-7-10-26-49(41)57-51(40)42)33-48(56-53)43-22-13-25-46-52(43)58-50-27-11-9-24-45(50)54(46)38-17-5-4-16-37(32-38)39-18-6-8-23-44(39)54/h1-33,38H. The Balaban J connectivity index is 1.04. The zero-order valence-electron chi connectivity index (χ0n) is 31.3. The molecule has 4 heteroatoms. The molecule has 272 valence electrons. The Labute approximate surface area is 335 Å². The number of fused-ring (bicyclic) bond motifs is 12. The van der Waals surface area contributed by atoms with E-state index in [2.05, 4.69) is 170 Å². The van der Waals surface area contributed by atoms with E-state index in [1.165, 1.54) is 16.7 Å². The lowest BCUT2D eigenvalue weighted by atomic mass is 9.56. The molecule has 3 aliphatic rings. The van der Waals surface area contributed by atoms with Gasteiger partial charge in [-0.15, -0.1) is 0 Å². The Morgan fingerprint density at radius 1 is 0.500 bits per heavy atom. The molecule has 2 atom stereocenters. The van der Waals surface area contributed by atoms with Gasteiger partial charge in [0, 0.05) is 50.1 Å². The van der Waals surface area contributed by atoms with Crippen molar-refractivity contribution in [2.24, 2.45) is 5.92 Å². The summed E-state index contributed by atoms with van der Waals surface area (Å²) in [4.78, 5) is 10.5. The van der Waals surface area contributed by atoms with E-state index >= 15 is 0 Å². The SMILES string of the molecule is C1=CC2=CC(C=C1)C1(c3ccccc3Oc3c(-c4cc(-c5ccc(-c6cccc7c6oc6ccccc67)cc5)nc(-c5ccccc5)n4)cccc31)c1ccccc12. The van der Waals surface area contributed by atoms with E-state index in [0.717, 1.165) is 83.8 Å². The average Bonchev–Trinajstić information content (AvgIpc) is 3.53. The van der Waals surface area contributed by atoms with E-state index in [4.69, 9.17) is 19.1 Å². The van der Waals surface area contributed by atoms with Crippen LogP contribution in [0.1, 0.15) is 22.3 Å². The second kappa shape index (κ2) is 12.7. The van der Waals surface area contributed by atoms with Gasteiger partial charge >= 0.3 is 0 Å². The molecule has 2 bridgehead atoms. The molecule has 12 rings (SSSR count). The van der Waals surface area contributed by atoms with E-state index in [1.54, 1.807) is 0 Å². The van der Waals surface area contributed by atoms with E-state index in [9.17, 15) is 0 Å². The molecule has 0 saturated heterocycles. The normalized spacial score (nSPS) is 17.3. The first-order chi connectivity index (χ1) is 28.7. The summed E-state index contributed by atoms with van der Waals surface area (Å²) < 4.78 is 13.5. The quantitative estimate of drug-likeness (QED) is 0.180. The summed E-state index contributed by atoms with van der Waals surface area (Å²) in [6.07, 6.45) is 11.3. The van der Waals surface area contributed by atoms with E-state index in [0.29, 0.717) is 5.82 Å². The van der Waals surface area contributed by atoms with Crippen LogP contribution in [0.3, 0.4) is 0 Å². The van der Waals surface area contributed by atoms with E-state index in [-0.39, 0.29) is 5.92 Å². The smallest absolute Gasteiger partial charge is 0.160 e. The molecule has 9 aromatic rings. The number of hydrogen-bond donors (Lipinski definition) is 0. The maximum atomic E-state index is 7.06. The number of nitrogens with zero attached hydrogens (tertiary/aromatic N) is 2. The van der Waals surface area contributed by atoms with Gasteiger partial charge in [0.15, 0.2) is 5.82 Å². The Morgan fingerprint density at radius 3 is 2.10 bits per heavy atom. The Bertz CT molecular complexity index is 3210. The molecule has 0 amide bonds. The molecule has 4 nitrogen and oxygen atoms in total. The van der Waals surface area contributed by atoms with Crippen LogP contribution in [0.5, 0.6) is 11.5 Å². The highest BCUT2D eigenvalue weighted by atomic mass is 16.5. The first-order valence-corrected chi connectivity index (χ1v) is 19.8. The summed E-state index contributed by atoms with van der Waals surface area (Å²) in [5, 5.41) is 2.24. The zero-order chi connectivity index (χ0) is 38.2. The number of hydrogen-bond acceptors (Lipinski definition) is 4. The minimum Gasteiger partial charge on any atom is -0.456 e. The molecule has 1 aliphatic heterocycles. The predicted molar refractivity (Wildman–Crippen MR) is 234 cm³/mol. The molecule has 1 spiro atoms. The van der Waals surface area contributed by atoms with Crippen LogP contribution in [-0.4, -0.2) is 9.97 Å². The van der Waals surface area contributed by atoms with Crippen LogP contribution >= 0.6 is 0 Å². The molecule has 0 saturated carbocycles. The van der Waals surface area contributed by atoms with Gasteiger partial charge in [0.05, 0.1) is 16.8 Å². The third-order valence-corrected chi connectivity index (χ3v) is 12.1. The van der Waals surface area contributed by atoms with Gasteiger partial charge in [-0.25, -0.2) is 9.97 Å². The van der Waals surface area contributed by atoms with Crippen LogP contribution in [0, 0.1) is 5.92 Å². The average molecular weight is 743 g/mol. The van der Waals surface area contributed by atoms with Crippen LogP contribution < -0.4 is 4.74 Å². The number of aromatic nitrogens is 2. The second-order valence-corrected chi connectivity index (χ2v) is 15.2. The molecule has 2 aliphatic carbocycles. The summed E-state index contributed by atoms with van der Waals surface area (Å²) >= 11 is 0. The van der Waals surface area contributed by atoms with Gasteiger partial charge in [0.2, 0.25) is 0 Å². The second-order valence-electron chi connectivity index (χ2n) is 15.2. The van der Waals surface area contributed by atoms with Gasteiger partial charge in [-0.3, -0.25) is 0 Å². The lowest BCUT2D eigenvalue weighted by Crippen LogP contribution is -2.41. The Kier molecular flexibility index (Phi) is 7.17. The number of ether oxygens (including phenoxy) is 1. The number of allylic oxidation sites excluding steroid dienone is 6. The predicted octanol–water partition coefficient (Wildman–Crippen LogP) is 13.6. The molecule has 2 aromatic heterocycles. The monoisotopic (exact) mass is 742 g/mol. The van der Waals surface area contributed by atoms with Crippen molar-refractivity contribution in [3.05, 3.63) is 222 Å². The van der Waals surface area contributed by atoms with Crippen LogP contribution in [0.25, 0.3) is 72.5 Å². The van der Waals surface area contributed by atoms with Crippen molar-refractivity contribution in [1.29, 1.82) is 0 Å². The third-order valence-electron chi connectivity index (χ3n) is 12.1. The largest absolute Gasteiger partial charge is 0.456 e. The zero-order valence-corrected chi connectivity index (χ0v) is 31.3. The summed E-state index contributed by atoms with van der Waals surface area (Å²) in [6.45, 7) is 0. The molecule has 0 N–H and O–H groups in total. The summed E-state index contributed by atoms with van der Waals surface area (Å²) in [5.74, 6) is 2.38. The maximum Gasteiger partial charge on any atom is 0.160 e. The summed E-state index contributed by atoms with van der Waals surface area (Å²) in [7, 11) is 0. The molecular weight excluding hydrogens is 709 g/mol. The van der Waals surface area contributed by atoms with Gasteiger partial charge in [-0.05, 0) is 46.5 Å². The van der Waals surface area contributed by atoms with Crippen molar-refractivity contribution in [2.75, 3.05) is 0 Å². The highest BCUT2D eigenvalue weighted by Gasteiger charge is 2.51. The lowest BCUT2D eigenvalue weighted by Gasteiger charge is -2.47. The van der Waals surface area contributed by atoms with Crippen molar-refractivity contribution in [3.8, 4) is 56.5 Å². The van der Waals surface area contributed by atoms with Crippen molar-refractivity contribution >= 4 is 27.5 Å². The highest BCUT2D eigenvalue weighted by molar-refractivity contribution is 6.09. The molecule has 7 aromatic carbocycles. The highest BCUT2D eigenvalue weighted by Crippen LogP contribution is 2.61. The fourth-order valence-corrected chi connectivity index (χ4v) is 9.54. The van der Waals surface area contributed by atoms with Crippen molar-refractivity contribution in [3.63, 3.8) is 0 Å². The molecule has 2 unspecified atom stereocenters. The maximum absolute atomic E-state index is 7.06. The number of furan rings is 1. The lowest BCUT2D eigenvalue weighted by molar-refractivity contribution is 0.393. The summed E-state index contributed by atoms with van der Waals surface area (Å²) in [5.41, 5.74) is 13.9. The van der Waals surface area contributed by atoms with Crippen LogP contribution in [0.15, 0.2) is 205 Å². The van der Waals surface area contributed by atoms with Gasteiger partial charge in [0.1, 0.15) is 22.7 Å². The van der Waals surface area contributed by atoms with Gasteiger partial charge in [0.25, 0.3) is 0 Å². The third kappa shape index (κ3) is 4.82. The molecular formula is C54H34N2O2. The van der Waals surface area contributed by atoms with E-state index < -0.39 is 5.41 Å². The molecule has 58 heavy (non-hydrogen) atoms. The topological polar surface area (TPSA) is 48.2 Å². The minimum atomic E-state index is -0.528. The van der Waals surface area contributed by atoms with E-state index in [1.807, 2.05) is 30.3 Å². The molecule has 3 heterocycles. The molecule has 0 radical (unpaired) electrons. The number of para-hydroxylation sites is 4. The van der Waals surface area contributed by atoms with Gasteiger partial charge in [-0.2, -0.15) is 0 Å². The van der Waals surface area contributed by atoms with Crippen LogP contribution in [0.2, 0.25) is 0 Å². The van der Waals surface area contributed by atoms with Crippen molar-refractivity contribution < 1.29 is 9.15 Å². The first kappa shape index (κ1) is 32.7.